The summed E-state index contributed by atoms with van der Waals surface area (Å²) in [7, 11) is -1.93. The second kappa shape index (κ2) is 14.1. The molecule has 0 amide bonds. The van der Waals surface area contributed by atoms with Crippen LogP contribution in [0.3, 0.4) is 0 Å². The SMILES string of the molecule is c1ccc(-c2ccc(N(c3ccc4ccc5ccc6nc(-c7ccccc7)oc6c5c4c3)c3ccccc3[SiH](c3ccccc3)c3ccccc3)cc2)cc1. The molecule has 4 heteroatoms. The number of rotatable bonds is 8. The Morgan fingerprint density at radius 2 is 0.964 bits per heavy atom. The molecule has 55 heavy (non-hydrogen) atoms. The number of fused-ring (bicyclic) bond motifs is 5. The van der Waals surface area contributed by atoms with Gasteiger partial charge in [0.2, 0.25) is 5.89 Å². The van der Waals surface area contributed by atoms with Crippen molar-refractivity contribution >= 4 is 74.1 Å². The Morgan fingerprint density at radius 3 is 1.65 bits per heavy atom. The van der Waals surface area contributed by atoms with Crippen LogP contribution in [-0.2, 0) is 0 Å². The highest BCUT2D eigenvalue weighted by Crippen LogP contribution is 2.40. The summed E-state index contributed by atoms with van der Waals surface area (Å²) >= 11 is 0. The van der Waals surface area contributed by atoms with Gasteiger partial charge in [-0.1, -0.05) is 174 Å². The first-order valence-electron chi connectivity index (χ1n) is 18.7. The van der Waals surface area contributed by atoms with E-state index in [1.165, 1.54) is 32.4 Å². The molecule has 0 radical (unpaired) electrons. The predicted octanol–water partition coefficient (Wildman–Crippen LogP) is 11.2. The molecule has 1 heterocycles. The molecule has 0 spiro atoms. The minimum Gasteiger partial charge on any atom is -0.435 e. The van der Waals surface area contributed by atoms with E-state index in [2.05, 4.69) is 187 Å². The van der Waals surface area contributed by atoms with E-state index in [1.54, 1.807) is 0 Å². The van der Waals surface area contributed by atoms with Crippen molar-refractivity contribution in [1.29, 1.82) is 0 Å². The summed E-state index contributed by atoms with van der Waals surface area (Å²) in [5, 5.41) is 8.58. The summed E-state index contributed by atoms with van der Waals surface area (Å²) in [4.78, 5) is 7.39. The highest BCUT2D eigenvalue weighted by atomic mass is 28.3. The summed E-state index contributed by atoms with van der Waals surface area (Å²) in [5.41, 5.74) is 8.35. The molecule has 0 saturated carbocycles. The van der Waals surface area contributed by atoms with Crippen LogP contribution in [0.15, 0.2) is 217 Å². The third-order valence-electron chi connectivity index (χ3n) is 10.6. The zero-order chi connectivity index (χ0) is 36.6. The van der Waals surface area contributed by atoms with Crippen LogP contribution in [0, 0.1) is 0 Å². The van der Waals surface area contributed by atoms with Gasteiger partial charge in [0, 0.05) is 28.0 Å². The average Bonchev–Trinajstić information content (AvgIpc) is 3.71. The molecule has 0 saturated heterocycles. The van der Waals surface area contributed by atoms with Crippen LogP contribution in [0.4, 0.5) is 17.1 Å². The van der Waals surface area contributed by atoms with Crippen LogP contribution < -0.4 is 20.5 Å². The standard InChI is InChI=1S/C51H36N2OSi/c1-5-15-36(16-6-1)37-27-31-41(32-28-37)53(47-23-13-14-24-48(47)55(43-19-9-3-10-20-43)44-21-11-4-12-22-44)42-33-29-38-25-26-39-30-34-46-50(49(39)45(38)35-42)54-51(52-46)40-17-7-2-8-18-40/h1-35,55H. The van der Waals surface area contributed by atoms with Gasteiger partial charge in [0.25, 0.3) is 0 Å². The normalized spacial score (nSPS) is 11.4. The van der Waals surface area contributed by atoms with E-state index in [9.17, 15) is 0 Å². The molecule has 0 aliphatic rings. The van der Waals surface area contributed by atoms with Crippen LogP contribution in [0.25, 0.3) is 55.2 Å². The lowest BCUT2D eigenvalue weighted by Gasteiger charge is -2.31. The third-order valence-corrected chi connectivity index (χ3v) is 13.8. The van der Waals surface area contributed by atoms with Gasteiger partial charge in [-0.2, -0.15) is 0 Å². The summed E-state index contributed by atoms with van der Waals surface area (Å²) < 4.78 is 6.63. The average molecular weight is 721 g/mol. The van der Waals surface area contributed by atoms with E-state index in [1.807, 2.05) is 30.3 Å². The van der Waals surface area contributed by atoms with E-state index < -0.39 is 8.80 Å². The van der Waals surface area contributed by atoms with Gasteiger partial charge in [0.1, 0.15) is 14.3 Å². The minimum atomic E-state index is -1.93. The maximum absolute atomic E-state index is 6.63. The Labute approximate surface area is 322 Å². The second-order valence-corrected chi connectivity index (χ2v) is 16.8. The first-order valence-corrected chi connectivity index (χ1v) is 20.5. The maximum Gasteiger partial charge on any atom is 0.227 e. The van der Waals surface area contributed by atoms with Gasteiger partial charge in [0.15, 0.2) is 5.58 Å². The monoisotopic (exact) mass is 720 g/mol. The number of oxazole rings is 1. The molecular formula is C51H36N2OSi. The smallest absolute Gasteiger partial charge is 0.227 e. The van der Waals surface area contributed by atoms with Crippen molar-refractivity contribution in [1.82, 2.24) is 4.98 Å². The number of para-hydroxylation sites is 1. The minimum absolute atomic E-state index is 0.628. The number of benzene rings is 9. The summed E-state index contributed by atoms with van der Waals surface area (Å²) in [6, 6.07) is 76.3. The molecule has 0 unspecified atom stereocenters. The lowest BCUT2D eigenvalue weighted by atomic mass is 10.00. The molecule has 260 valence electrons. The van der Waals surface area contributed by atoms with Crippen molar-refractivity contribution in [3.05, 3.63) is 212 Å². The second-order valence-electron chi connectivity index (χ2n) is 13.9. The van der Waals surface area contributed by atoms with Crippen LogP contribution in [0.5, 0.6) is 0 Å². The highest BCUT2D eigenvalue weighted by molar-refractivity contribution is 6.96. The Hall–Kier alpha value is -7.01. The lowest BCUT2D eigenvalue weighted by molar-refractivity contribution is 0.623. The zero-order valence-corrected chi connectivity index (χ0v) is 31.2. The predicted molar refractivity (Wildman–Crippen MR) is 234 cm³/mol. The quantitative estimate of drug-likeness (QED) is 0.0889. The van der Waals surface area contributed by atoms with Crippen LogP contribution in [0.1, 0.15) is 0 Å². The highest BCUT2D eigenvalue weighted by Gasteiger charge is 2.26. The van der Waals surface area contributed by atoms with Crippen molar-refractivity contribution in [2.75, 3.05) is 4.90 Å². The van der Waals surface area contributed by atoms with E-state index >= 15 is 0 Å². The molecule has 0 aliphatic carbocycles. The Kier molecular flexibility index (Phi) is 8.36. The van der Waals surface area contributed by atoms with Crippen LogP contribution >= 0.6 is 0 Å². The largest absolute Gasteiger partial charge is 0.435 e. The summed E-state index contributed by atoms with van der Waals surface area (Å²) in [6.07, 6.45) is 0. The van der Waals surface area contributed by atoms with E-state index in [4.69, 9.17) is 9.40 Å². The molecule has 10 rings (SSSR count). The molecule has 10 aromatic rings. The van der Waals surface area contributed by atoms with Crippen molar-refractivity contribution in [2.24, 2.45) is 0 Å². The molecular weight excluding hydrogens is 685 g/mol. The molecule has 9 aromatic carbocycles. The number of aromatic nitrogens is 1. The molecule has 1 aromatic heterocycles. The Morgan fingerprint density at radius 1 is 0.436 bits per heavy atom. The van der Waals surface area contributed by atoms with Gasteiger partial charge in [-0.3, -0.25) is 0 Å². The zero-order valence-electron chi connectivity index (χ0n) is 30.1. The van der Waals surface area contributed by atoms with Crippen molar-refractivity contribution < 1.29 is 4.42 Å². The molecule has 3 nitrogen and oxygen atoms in total. The van der Waals surface area contributed by atoms with Crippen LogP contribution in [-0.4, -0.2) is 13.8 Å². The number of anilines is 3. The summed E-state index contributed by atoms with van der Waals surface area (Å²) in [5.74, 6) is 0.628. The lowest BCUT2D eigenvalue weighted by Crippen LogP contribution is -2.53. The number of nitrogens with zero attached hydrogens (tertiary/aromatic N) is 2. The Bertz CT molecular complexity index is 2870. The molecule has 0 bridgehead atoms. The first kappa shape index (κ1) is 32.6. The maximum atomic E-state index is 6.63. The van der Waals surface area contributed by atoms with E-state index in [0.717, 1.165) is 49.6 Å². The third kappa shape index (κ3) is 6.09. The van der Waals surface area contributed by atoms with Gasteiger partial charge in [-0.15, -0.1) is 0 Å². The molecule has 0 fully saturated rings. The van der Waals surface area contributed by atoms with Gasteiger partial charge < -0.3 is 9.32 Å². The van der Waals surface area contributed by atoms with Crippen LogP contribution in [0.2, 0.25) is 0 Å². The van der Waals surface area contributed by atoms with Gasteiger partial charge in [0.05, 0.1) is 0 Å². The number of hydrogen-bond donors (Lipinski definition) is 0. The van der Waals surface area contributed by atoms with Gasteiger partial charge in [-0.25, -0.2) is 4.98 Å². The summed E-state index contributed by atoms with van der Waals surface area (Å²) in [6.45, 7) is 0. The Balaban J connectivity index is 1.21. The molecule has 0 aliphatic heterocycles. The topological polar surface area (TPSA) is 29.3 Å². The molecule has 0 N–H and O–H groups in total. The number of hydrogen-bond acceptors (Lipinski definition) is 3. The van der Waals surface area contributed by atoms with Crippen molar-refractivity contribution in [3.63, 3.8) is 0 Å². The molecule has 0 atom stereocenters. The van der Waals surface area contributed by atoms with E-state index in [0.29, 0.717) is 5.89 Å². The van der Waals surface area contributed by atoms with E-state index in [-0.39, 0.29) is 0 Å². The fourth-order valence-corrected chi connectivity index (χ4v) is 11.1. The van der Waals surface area contributed by atoms with Gasteiger partial charge in [-0.05, 0) is 81.0 Å². The fourth-order valence-electron chi connectivity index (χ4n) is 7.99. The van der Waals surface area contributed by atoms with Crippen molar-refractivity contribution in [3.8, 4) is 22.6 Å². The first-order chi connectivity index (χ1) is 27.3. The fraction of sp³-hybridized carbons (Fsp3) is 0. The van der Waals surface area contributed by atoms with Gasteiger partial charge >= 0.3 is 0 Å². The van der Waals surface area contributed by atoms with Crippen molar-refractivity contribution in [2.45, 2.75) is 0 Å².